The fourth-order valence-electron chi connectivity index (χ4n) is 8.38. The standard InChI is InChI=1S/C45H67N4OP.ClH/c1-4-7-31-51(32-8-5-2,33-9-6-3)35-36-27-29-41(30-28-36)46-44(50)43(34-38-21-18-20-37-19-16-17-26-42(37)38)49-45(47-39-22-12-10-13-23-39)48-40-24-14-11-15-25-40;/h16-21,26-30,39-40,43H,4-15,22-25,31-35H2,1-3H3,(H2-,46,47,48,49,50);1H/t43-;/m0./s1. The van der Waals surface area contributed by atoms with Gasteiger partial charge in [-0.25, -0.2) is 4.99 Å². The summed E-state index contributed by atoms with van der Waals surface area (Å²) in [4.78, 5) is 19.7. The molecule has 0 spiro atoms. The molecule has 5 rings (SSSR count). The minimum absolute atomic E-state index is 0. The van der Waals surface area contributed by atoms with E-state index in [0.29, 0.717) is 18.5 Å². The van der Waals surface area contributed by atoms with Crippen molar-refractivity contribution in [2.45, 2.75) is 154 Å². The van der Waals surface area contributed by atoms with Gasteiger partial charge in [-0.15, -0.1) is 0 Å². The summed E-state index contributed by atoms with van der Waals surface area (Å²) >= 11 is 0. The van der Waals surface area contributed by atoms with Gasteiger partial charge >= 0.3 is 0 Å². The van der Waals surface area contributed by atoms with Crippen LogP contribution >= 0.6 is 7.26 Å². The van der Waals surface area contributed by atoms with E-state index in [1.165, 1.54) is 124 Å². The summed E-state index contributed by atoms with van der Waals surface area (Å²) in [5.74, 6) is 0.809. The number of fused-ring (bicyclic) bond motifs is 1. The Labute approximate surface area is 323 Å². The van der Waals surface area contributed by atoms with E-state index in [0.717, 1.165) is 37.3 Å². The zero-order valence-electron chi connectivity index (χ0n) is 32.6. The third kappa shape index (κ3) is 13.0. The molecule has 52 heavy (non-hydrogen) atoms. The molecule has 1 atom stereocenters. The maximum Gasteiger partial charge on any atom is 0.247 e. The van der Waals surface area contributed by atoms with Crippen LogP contribution in [0.1, 0.15) is 135 Å². The fourth-order valence-corrected chi connectivity index (χ4v) is 13.5. The number of carbonyl (C=O) groups excluding carboxylic acids is 1. The second kappa shape index (κ2) is 22.6. The van der Waals surface area contributed by atoms with Gasteiger partial charge in [0.15, 0.2) is 5.96 Å². The van der Waals surface area contributed by atoms with Crippen molar-refractivity contribution in [3.63, 3.8) is 0 Å². The Kier molecular flexibility index (Phi) is 18.3. The van der Waals surface area contributed by atoms with Crippen LogP contribution in [0.2, 0.25) is 0 Å². The highest BCUT2D eigenvalue weighted by molar-refractivity contribution is 7.75. The summed E-state index contributed by atoms with van der Waals surface area (Å²) in [7, 11) is -1.05. The highest BCUT2D eigenvalue weighted by atomic mass is 35.5. The number of aliphatic imine (C=N–C) groups is 1. The molecule has 3 aromatic carbocycles. The van der Waals surface area contributed by atoms with E-state index >= 15 is 0 Å². The van der Waals surface area contributed by atoms with Gasteiger partial charge in [0.25, 0.3) is 0 Å². The Hall–Kier alpha value is -2.62. The van der Waals surface area contributed by atoms with Crippen LogP contribution in [-0.2, 0) is 17.4 Å². The van der Waals surface area contributed by atoms with Gasteiger partial charge in [-0.2, -0.15) is 0 Å². The van der Waals surface area contributed by atoms with Crippen molar-refractivity contribution in [3.05, 3.63) is 77.9 Å². The third-order valence-electron chi connectivity index (χ3n) is 11.5. The molecule has 0 aliphatic heterocycles. The first-order valence-corrected chi connectivity index (χ1v) is 23.4. The van der Waals surface area contributed by atoms with Crippen molar-refractivity contribution in [3.8, 4) is 0 Å². The predicted octanol–water partition coefficient (Wildman–Crippen LogP) is 8.51. The molecule has 3 N–H and O–H groups in total. The lowest BCUT2D eigenvalue weighted by molar-refractivity contribution is -0.117. The molecule has 286 valence electrons. The van der Waals surface area contributed by atoms with Crippen molar-refractivity contribution < 1.29 is 17.2 Å². The Morgan fingerprint density at radius 2 is 1.35 bits per heavy atom. The number of hydrogen-bond acceptors (Lipinski definition) is 2. The van der Waals surface area contributed by atoms with Gasteiger partial charge in [0.1, 0.15) is 6.04 Å². The molecular formula is C45H68ClN4OP. The quantitative estimate of drug-likeness (QED) is 0.0695. The summed E-state index contributed by atoms with van der Waals surface area (Å²) in [6.45, 7) is 7.02. The summed E-state index contributed by atoms with van der Waals surface area (Å²) < 4.78 is 0. The second-order valence-electron chi connectivity index (χ2n) is 15.7. The maximum atomic E-state index is 14.4. The molecule has 0 heterocycles. The van der Waals surface area contributed by atoms with Crippen molar-refractivity contribution in [1.82, 2.24) is 10.6 Å². The highest BCUT2D eigenvalue weighted by Crippen LogP contribution is 2.63. The van der Waals surface area contributed by atoms with Gasteiger partial charge < -0.3 is 28.4 Å². The number of benzene rings is 3. The monoisotopic (exact) mass is 746 g/mol. The van der Waals surface area contributed by atoms with Crippen molar-refractivity contribution in [2.24, 2.45) is 4.99 Å². The van der Waals surface area contributed by atoms with Crippen LogP contribution in [0.5, 0.6) is 0 Å². The molecule has 2 saturated carbocycles. The summed E-state index contributed by atoms with van der Waals surface area (Å²) in [5, 5.41) is 13.3. The SMILES string of the molecule is CCCC[P+](CCCC)(CCCC)Cc1ccc(NC(=O)[C@H](Cc2cccc3ccccc23)NC(=NC2CCCCC2)NC2CCCCC2)cc1.[Cl-]. The lowest BCUT2D eigenvalue weighted by atomic mass is 9.95. The number of carbonyl (C=O) groups is 1. The van der Waals surface area contributed by atoms with Crippen LogP contribution in [0.25, 0.3) is 10.8 Å². The summed E-state index contributed by atoms with van der Waals surface area (Å²) in [6.07, 6.45) is 26.1. The van der Waals surface area contributed by atoms with E-state index in [-0.39, 0.29) is 18.3 Å². The molecule has 0 radical (unpaired) electrons. The van der Waals surface area contributed by atoms with E-state index in [4.69, 9.17) is 4.99 Å². The number of amides is 1. The van der Waals surface area contributed by atoms with Crippen LogP contribution in [0.4, 0.5) is 5.69 Å². The van der Waals surface area contributed by atoms with E-state index in [9.17, 15) is 4.79 Å². The molecule has 1 amide bonds. The van der Waals surface area contributed by atoms with Crippen LogP contribution < -0.4 is 28.4 Å². The molecule has 2 fully saturated rings. The van der Waals surface area contributed by atoms with Crippen LogP contribution in [0, 0.1) is 0 Å². The topological polar surface area (TPSA) is 65.5 Å². The van der Waals surface area contributed by atoms with Gasteiger partial charge in [-0.1, -0.05) is 133 Å². The van der Waals surface area contributed by atoms with E-state index in [1.807, 2.05) is 0 Å². The number of nitrogens with one attached hydrogen (secondary N) is 3. The molecule has 2 aliphatic carbocycles. The lowest BCUT2D eigenvalue weighted by Gasteiger charge is -2.29. The Morgan fingerprint density at radius 1 is 0.750 bits per heavy atom. The van der Waals surface area contributed by atoms with Crippen molar-refractivity contribution >= 4 is 35.6 Å². The number of anilines is 1. The van der Waals surface area contributed by atoms with Gasteiger partial charge in [0.2, 0.25) is 5.91 Å². The van der Waals surface area contributed by atoms with Gasteiger partial charge in [0.05, 0.1) is 30.7 Å². The van der Waals surface area contributed by atoms with E-state index < -0.39 is 13.3 Å². The fraction of sp³-hybridized carbons (Fsp3) is 0.600. The normalized spacial score (nSPS) is 16.6. The first kappa shape index (κ1) is 42.1. The molecule has 0 aromatic heterocycles. The number of guanidine groups is 1. The smallest absolute Gasteiger partial charge is 0.247 e. The van der Waals surface area contributed by atoms with Crippen LogP contribution in [-0.4, -0.2) is 48.5 Å². The molecule has 0 saturated heterocycles. The minimum Gasteiger partial charge on any atom is -1.00 e. The van der Waals surface area contributed by atoms with Crippen LogP contribution in [0.15, 0.2) is 71.7 Å². The van der Waals surface area contributed by atoms with Crippen molar-refractivity contribution in [1.29, 1.82) is 0 Å². The molecule has 2 aliphatic rings. The lowest BCUT2D eigenvalue weighted by Crippen LogP contribution is -3.00. The van der Waals surface area contributed by atoms with Gasteiger partial charge in [0, 0.05) is 25.4 Å². The Balaban J connectivity index is 0.00000605. The Bertz CT molecular complexity index is 1470. The second-order valence-corrected chi connectivity index (χ2v) is 20.0. The molecule has 5 nitrogen and oxygen atoms in total. The van der Waals surface area contributed by atoms with Crippen LogP contribution in [0.3, 0.4) is 0 Å². The van der Waals surface area contributed by atoms with Crippen molar-refractivity contribution in [2.75, 3.05) is 23.8 Å². The number of unbranched alkanes of at least 4 members (excludes halogenated alkanes) is 3. The zero-order valence-corrected chi connectivity index (χ0v) is 34.3. The average molecular weight is 747 g/mol. The Morgan fingerprint density at radius 3 is 1.98 bits per heavy atom. The third-order valence-corrected chi connectivity index (χ3v) is 16.3. The number of rotatable bonds is 18. The highest BCUT2D eigenvalue weighted by Gasteiger charge is 2.35. The van der Waals surface area contributed by atoms with E-state index in [1.54, 1.807) is 0 Å². The average Bonchev–Trinajstić information content (AvgIpc) is 3.16. The number of nitrogens with zero attached hydrogens (tertiary/aromatic N) is 1. The molecule has 7 heteroatoms. The predicted molar refractivity (Wildman–Crippen MR) is 224 cm³/mol. The molecule has 0 bridgehead atoms. The number of halogens is 1. The largest absolute Gasteiger partial charge is 1.00 e. The minimum atomic E-state index is -1.05. The first-order chi connectivity index (χ1) is 25.0. The molecule has 0 unspecified atom stereocenters. The van der Waals surface area contributed by atoms with E-state index in [2.05, 4.69) is 103 Å². The summed E-state index contributed by atoms with van der Waals surface area (Å²) in [6, 6.07) is 24.1. The zero-order chi connectivity index (χ0) is 35.7. The van der Waals surface area contributed by atoms with Gasteiger partial charge in [-0.3, -0.25) is 4.79 Å². The maximum absolute atomic E-state index is 14.4. The molecule has 3 aromatic rings. The summed E-state index contributed by atoms with van der Waals surface area (Å²) in [5.41, 5.74) is 3.49. The first-order valence-electron chi connectivity index (χ1n) is 20.8. The van der Waals surface area contributed by atoms with Gasteiger partial charge in [-0.05, 0) is 79.0 Å². The number of hydrogen-bond donors (Lipinski definition) is 3. The molecular weight excluding hydrogens is 679 g/mol.